The number of primary amides is 1. The Morgan fingerprint density at radius 1 is 1.39 bits per heavy atom. The van der Waals surface area contributed by atoms with E-state index in [2.05, 4.69) is 27.6 Å². The molecule has 0 spiro atoms. The van der Waals surface area contributed by atoms with Crippen LogP contribution >= 0.6 is 34.4 Å². The topological polar surface area (TPSA) is 81.5 Å². The van der Waals surface area contributed by atoms with Crippen molar-refractivity contribution in [3.05, 3.63) is 39.6 Å². The standard InChI is InChI=1S/C12H14IN3OS/c1-8(18-7-12(15)17)16-6-11(14)9-2-4-10(13)5-3-9/h2-6H,7,14H2,1H3,(H2,15,17)/b11-6-,16-8?. The monoisotopic (exact) mass is 375 g/mol. The fourth-order valence-electron chi connectivity index (χ4n) is 1.09. The van der Waals surface area contributed by atoms with Crippen LogP contribution in [-0.4, -0.2) is 16.7 Å². The third kappa shape index (κ3) is 5.54. The first-order valence-corrected chi connectivity index (χ1v) is 7.22. The van der Waals surface area contributed by atoms with Crippen LogP contribution in [-0.2, 0) is 4.79 Å². The summed E-state index contributed by atoms with van der Waals surface area (Å²) in [4.78, 5) is 14.8. The molecule has 0 aliphatic heterocycles. The van der Waals surface area contributed by atoms with Gasteiger partial charge in [0, 0.05) is 3.57 Å². The summed E-state index contributed by atoms with van der Waals surface area (Å²) in [5.74, 6) is -0.129. The van der Waals surface area contributed by atoms with Gasteiger partial charge in [0.2, 0.25) is 5.91 Å². The van der Waals surface area contributed by atoms with Crippen LogP contribution in [0.2, 0.25) is 0 Å². The molecule has 0 aliphatic rings. The van der Waals surface area contributed by atoms with Crippen LogP contribution in [0.5, 0.6) is 0 Å². The molecule has 1 aromatic carbocycles. The third-order valence-corrected chi connectivity index (χ3v) is 3.66. The van der Waals surface area contributed by atoms with E-state index in [9.17, 15) is 4.79 Å². The summed E-state index contributed by atoms with van der Waals surface area (Å²) in [5, 5.41) is 0.752. The molecule has 0 bridgehead atoms. The van der Waals surface area contributed by atoms with Gasteiger partial charge in [-0.3, -0.25) is 9.79 Å². The quantitative estimate of drug-likeness (QED) is 0.481. The Bertz CT molecular complexity index is 483. The van der Waals surface area contributed by atoms with Gasteiger partial charge in [-0.2, -0.15) is 0 Å². The highest BCUT2D eigenvalue weighted by Gasteiger charge is 1.98. The summed E-state index contributed by atoms with van der Waals surface area (Å²) in [6.45, 7) is 1.81. The number of nitrogens with zero attached hydrogens (tertiary/aromatic N) is 1. The molecule has 0 atom stereocenters. The number of benzene rings is 1. The summed E-state index contributed by atoms with van der Waals surface area (Å²) in [7, 11) is 0. The highest BCUT2D eigenvalue weighted by atomic mass is 127. The predicted molar refractivity (Wildman–Crippen MR) is 86.1 cm³/mol. The van der Waals surface area contributed by atoms with Crippen LogP contribution in [0, 0.1) is 3.57 Å². The van der Waals surface area contributed by atoms with Gasteiger partial charge in [0.15, 0.2) is 0 Å². The Hall–Kier alpha value is -1.02. The average molecular weight is 375 g/mol. The molecule has 0 aromatic heterocycles. The Labute approximate surface area is 124 Å². The minimum atomic E-state index is -0.357. The van der Waals surface area contributed by atoms with E-state index in [1.165, 1.54) is 11.8 Å². The van der Waals surface area contributed by atoms with Crippen LogP contribution < -0.4 is 11.5 Å². The lowest BCUT2D eigenvalue weighted by molar-refractivity contribution is -0.115. The average Bonchev–Trinajstić information content (AvgIpc) is 2.34. The van der Waals surface area contributed by atoms with Crippen molar-refractivity contribution in [2.45, 2.75) is 6.92 Å². The Morgan fingerprint density at radius 2 is 2.00 bits per heavy atom. The molecule has 0 saturated heterocycles. The van der Waals surface area contributed by atoms with E-state index >= 15 is 0 Å². The SMILES string of the molecule is CC(=N/C=C(\N)c1ccc(I)cc1)SCC(N)=O. The van der Waals surface area contributed by atoms with Crippen LogP contribution in [0.3, 0.4) is 0 Å². The molecular formula is C12H14IN3OS. The van der Waals surface area contributed by atoms with Gasteiger partial charge in [0.1, 0.15) is 0 Å². The van der Waals surface area contributed by atoms with Gasteiger partial charge >= 0.3 is 0 Å². The number of carbonyl (C=O) groups excluding carboxylic acids is 1. The van der Waals surface area contributed by atoms with Crippen molar-refractivity contribution >= 4 is 51.0 Å². The van der Waals surface area contributed by atoms with Crippen LogP contribution in [0.4, 0.5) is 0 Å². The maximum atomic E-state index is 10.6. The van der Waals surface area contributed by atoms with Crippen molar-refractivity contribution in [2.24, 2.45) is 16.5 Å². The van der Waals surface area contributed by atoms with Crippen molar-refractivity contribution in [2.75, 3.05) is 5.75 Å². The fourth-order valence-corrected chi connectivity index (χ4v) is 1.93. The Kier molecular flexibility index (Phi) is 6.20. The Morgan fingerprint density at radius 3 is 2.56 bits per heavy atom. The largest absolute Gasteiger partial charge is 0.397 e. The number of hydrogen-bond acceptors (Lipinski definition) is 4. The van der Waals surface area contributed by atoms with E-state index in [0.717, 1.165) is 14.2 Å². The molecule has 1 amide bonds. The molecule has 1 rings (SSSR count). The summed E-state index contributed by atoms with van der Waals surface area (Å²) in [6.07, 6.45) is 1.59. The predicted octanol–water partition coefficient (Wildman–Crippen LogP) is 2.19. The van der Waals surface area contributed by atoms with Gasteiger partial charge in [-0.05, 0) is 47.2 Å². The first-order valence-electron chi connectivity index (χ1n) is 5.16. The zero-order valence-corrected chi connectivity index (χ0v) is 12.9. The second-order valence-electron chi connectivity index (χ2n) is 3.49. The number of carbonyl (C=O) groups is 1. The molecule has 0 radical (unpaired) electrons. The number of rotatable bonds is 4. The van der Waals surface area contributed by atoms with Crippen molar-refractivity contribution in [3.8, 4) is 0 Å². The van der Waals surface area contributed by atoms with Crippen molar-refractivity contribution in [1.82, 2.24) is 0 Å². The smallest absolute Gasteiger partial charge is 0.227 e. The number of thioether (sulfide) groups is 1. The zero-order valence-electron chi connectivity index (χ0n) is 9.89. The van der Waals surface area contributed by atoms with Crippen molar-refractivity contribution < 1.29 is 4.79 Å². The van der Waals surface area contributed by atoms with Crippen LogP contribution in [0.15, 0.2) is 35.5 Å². The summed E-state index contributed by atoms with van der Waals surface area (Å²) in [5.41, 5.74) is 12.5. The summed E-state index contributed by atoms with van der Waals surface area (Å²) < 4.78 is 1.15. The summed E-state index contributed by atoms with van der Waals surface area (Å²) >= 11 is 3.53. The second kappa shape index (κ2) is 7.42. The number of halogens is 1. The highest BCUT2D eigenvalue weighted by Crippen LogP contribution is 2.12. The van der Waals surface area contributed by atoms with Gasteiger partial charge in [-0.1, -0.05) is 12.1 Å². The van der Waals surface area contributed by atoms with Gasteiger partial charge in [0.05, 0.1) is 22.7 Å². The van der Waals surface area contributed by atoms with Gasteiger partial charge in [-0.25, -0.2) is 0 Å². The minimum absolute atomic E-state index is 0.229. The molecule has 0 fully saturated rings. The zero-order chi connectivity index (χ0) is 13.5. The number of nitrogens with two attached hydrogens (primary N) is 2. The maximum Gasteiger partial charge on any atom is 0.227 e. The molecule has 96 valence electrons. The first kappa shape index (κ1) is 15.0. The lowest BCUT2D eigenvalue weighted by Crippen LogP contribution is -2.14. The van der Waals surface area contributed by atoms with Gasteiger partial charge < -0.3 is 11.5 Å². The molecule has 0 unspecified atom stereocenters. The molecule has 18 heavy (non-hydrogen) atoms. The third-order valence-electron chi connectivity index (χ3n) is 1.99. The summed E-state index contributed by atoms with van der Waals surface area (Å²) in [6, 6.07) is 7.84. The molecular weight excluding hydrogens is 361 g/mol. The first-order chi connectivity index (χ1) is 8.49. The molecule has 4 N–H and O–H groups in total. The number of amides is 1. The second-order valence-corrected chi connectivity index (χ2v) is 5.91. The molecule has 0 heterocycles. The highest BCUT2D eigenvalue weighted by molar-refractivity contribution is 14.1. The minimum Gasteiger partial charge on any atom is -0.397 e. The maximum absolute atomic E-state index is 10.6. The van der Waals surface area contributed by atoms with E-state index < -0.39 is 0 Å². The lowest BCUT2D eigenvalue weighted by atomic mass is 10.2. The molecule has 1 aromatic rings. The number of hydrogen-bond donors (Lipinski definition) is 2. The van der Waals surface area contributed by atoms with Crippen LogP contribution in [0.25, 0.3) is 5.70 Å². The fraction of sp³-hybridized carbons (Fsp3) is 0.167. The van der Waals surface area contributed by atoms with E-state index in [0.29, 0.717) is 5.70 Å². The Balaban J connectivity index is 2.68. The molecule has 6 heteroatoms. The van der Waals surface area contributed by atoms with E-state index in [1.807, 2.05) is 31.2 Å². The van der Waals surface area contributed by atoms with Gasteiger partial charge in [0.25, 0.3) is 0 Å². The van der Waals surface area contributed by atoms with E-state index in [-0.39, 0.29) is 11.7 Å². The molecule has 4 nitrogen and oxygen atoms in total. The lowest BCUT2D eigenvalue weighted by Gasteiger charge is -2.01. The van der Waals surface area contributed by atoms with E-state index in [4.69, 9.17) is 11.5 Å². The van der Waals surface area contributed by atoms with E-state index in [1.54, 1.807) is 6.20 Å². The number of aliphatic imine (C=N–C) groups is 1. The van der Waals surface area contributed by atoms with Gasteiger partial charge in [-0.15, -0.1) is 11.8 Å². The molecule has 0 aliphatic carbocycles. The molecule has 0 saturated carbocycles. The van der Waals surface area contributed by atoms with Crippen molar-refractivity contribution in [1.29, 1.82) is 0 Å². The van der Waals surface area contributed by atoms with Crippen molar-refractivity contribution in [3.63, 3.8) is 0 Å². The van der Waals surface area contributed by atoms with Crippen LogP contribution in [0.1, 0.15) is 12.5 Å². The normalized spacial score (nSPS) is 12.6.